The topological polar surface area (TPSA) is 59.7 Å². The molecule has 1 unspecified atom stereocenters. The van der Waals surface area contributed by atoms with Gasteiger partial charge in [-0.2, -0.15) is 0 Å². The smallest absolute Gasteiger partial charge is 0.274 e. The Bertz CT molecular complexity index is 875. The van der Waals surface area contributed by atoms with Crippen LogP contribution < -0.4 is 4.74 Å². The standard InChI is InChI=1S/C18H18N4O2/c1-13-20-17(16-4-2-3-10-22(13)16)18(23)21-11-7-15(12-21)24-14-5-8-19-9-6-14/h2-6,8-10,15H,7,11-12H2,1H3. The number of ether oxygens (including phenoxy) is 1. The molecule has 6 nitrogen and oxygen atoms in total. The highest BCUT2D eigenvalue weighted by Crippen LogP contribution is 2.21. The molecular weight excluding hydrogens is 304 g/mol. The van der Waals surface area contributed by atoms with Crippen molar-refractivity contribution in [3.8, 4) is 5.75 Å². The number of carbonyl (C=O) groups is 1. The van der Waals surface area contributed by atoms with E-state index in [-0.39, 0.29) is 12.0 Å². The molecule has 3 aromatic rings. The van der Waals surface area contributed by atoms with Crippen molar-refractivity contribution in [2.45, 2.75) is 19.4 Å². The molecule has 24 heavy (non-hydrogen) atoms. The minimum atomic E-state index is -0.0346. The van der Waals surface area contributed by atoms with E-state index in [0.29, 0.717) is 18.8 Å². The number of aryl methyl sites for hydroxylation is 1. The van der Waals surface area contributed by atoms with Gasteiger partial charge in [0.05, 0.1) is 12.1 Å². The van der Waals surface area contributed by atoms with Crippen LogP contribution >= 0.6 is 0 Å². The first kappa shape index (κ1) is 14.7. The molecule has 0 saturated carbocycles. The number of aromatic nitrogens is 3. The van der Waals surface area contributed by atoms with Gasteiger partial charge in [0.25, 0.3) is 5.91 Å². The van der Waals surface area contributed by atoms with E-state index in [1.807, 2.05) is 52.8 Å². The Labute approximate surface area is 139 Å². The second kappa shape index (κ2) is 5.96. The molecule has 122 valence electrons. The van der Waals surface area contributed by atoms with E-state index in [2.05, 4.69) is 9.97 Å². The summed E-state index contributed by atoms with van der Waals surface area (Å²) >= 11 is 0. The van der Waals surface area contributed by atoms with Gasteiger partial charge in [-0.25, -0.2) is 4.98 Å². The molecule has 1 aliphatic rings. The molecule has 0 N–H and O–H groups in total. The number of fused-ring (bicyclic) bond motifs is 1. The van der Waals surface area contributed by atoms with Crippen molar-refractivity contribution in [1.29, 1.82) is 0 Å². The average molecular weight is 322 g/mol. The van der Waals surface area contributed by atoms with Crippen LogP contribution in [0.3, 0.4) is 0 Å². The van der Waals surface area contributed by atoms with Gasteiger partial charge in [-0.1, -0.05) is 6.07 Å². The van der Waals surface area contributed by atoms with Crippen LogP contribution in [0.25, 0.3) is 5.52 Å². The first-order chi connectivity index (χ1) is 11.7. The number of nitrogens with zero attached hydrogens (tertiary/aromatic N) is 4. The molecule has 0 bridgehead atoms. The van der Waals surface area contributed by atoms with Crippen LogP contribution in [0.15, 0.2) is 48.9 Å². The molecule has 6 heteroatoms. The fraction of sp³-hybridized carbons (Fsp3) is 0.278. The Hall–Kier alpha value is -2.89. The summed E-state index contributed by atoms with van der Waals surface area (Å²) in [6.07, 6.45) is 6.15. The third kappa shape index (κ3) is 2.60. The minimum absolute atomic E-state index is 0.00586. The van der Waals surface area contributed by atoms with Gasteiger partial charge in [0, 0.05) is 31.6 Å². The molecule has 1 atom stereocenters. The van der Waals surface area contributed by atoms with E-state index in [1.165, 1.54) is 0 Å². The maximum atomic E-state index is 12.9. The van der Waals surface area contributed by atoms with Gasteiger partial charge < -0.3 is 14.0 Å². The second-order valence-corrected chi connectivity index (χ2v) is 5.93. The molecule has 1 amide bonds. The quantitative estimate of drug-likeness (QED) is 0.742. The largest absolute Gasteiger partial charge is 0.488 e. The van der Waals surface area contributed by atoms with Gasteiger partial charge in [0.1, 0.15) is 17.7 Å². The molecule has 0 aromatic carbocycles. The number of amides is 1. The van der Waals surface area contributed by atoms with Crippen LogP contribution in [0.5, 0.6) is 5.75 Å². The normalized spacial score (nSPS) is 17.4. The van der Waals surface area contributed by atoms with Crippen molar-refractivity contribution < 1.29 is 9.53 Å². The number of pyridine rings is 2. The SMILES string of the molecule is Cc1nc(C(=O)N2CCC(Oc3ccncc3)C2)c2ccccn12. The van der Waals surface area contributed by atoms with Crippen LogP contribution in [0, 0.1) is 6.92 Å². The molecule has 1 saturated heterocycles. The second-order valence-electron chi connectivity index (χ2n) is 5.93. The van der Waals surface area contributed by atoms with Crippen LogP contribution in [0.1, 0.15) is 22.7 Å². The lowest BCUT2D eigenvalue weighted by molar-refractivity contribution is 0.0769. The molecule has 1 fully saturated rings. The zero-order valence-electron chi connectivity index (χ0n) is 13.4. The molecule has 0 spiro atoms. The van der Waals surface area contributed by atoms with Gasteiger partial charge in [-0.05, 0) is 31.2 Å². The highest BCUT2D eigenvalue weighted by molar-refractivity contribution is 5.99. The van der Waals surface area contributed by atoms with Crippen LogP contribution in [0.4, 0.5) is 0 Å². The van der Waals surface area contributed by atoms with E-state index in [0.717, 1.165) is 23.5 Å². The fourth-order valence-electron chi connectivity index (χ4n) is 3.12. The number of likely N-dealkylation sites (tertiary alicyclic amines) is 1. The van der Waals surface area contributed by atoms with Crippen molar-refractivity contribution in [1.82, 2.24) is 19.3 Å². The highest BCUT2D eigenvalue weighted by atomic mass is 16.5. The summed E-state index contributed by atoms with van der Waals surface area (Å²) in [7, 11) is 0. The lowest BCUT2D eigenvalue weighted by atomic mass is 10.3. The number of hydrogen-bond donors (Lipinski definition) is 0. The first-order valence-corrected chi connectivity index (χ1v) is 8.02. The summed E-state index contributed by atoms with van der Waals surface area (Å²) in [6.45, 7) is 3.16. The summed E-state index contributed by atoms with van der Waals surface area (Å²) in [5, 5.41) is 0. The van der Waals surface area contributed by atoms with Gasteiger partial charge in [0.2, 0.25) is 0 Å². The van der Waals surface area contributed by atoms with E-state index >= 15 is 0 Å². The fourth-order valence-corrected chi connectivity index (χ4v) is 3.12. The number of rotatable bonds is 3. The molecule has 1 aliphatic heterocycles. The molecular formula is C18H18N4O2. The molecule has 0 radical (unpaired) electrons. The predicted octanol–water partition coefficient (Wildman–Crippen LogP) is 2.33. The van der Waals surface area contributed by atoms with Gasteiger partial charge in [-0.3, -0.25) is 9.78 Å². The molecule has 4 heterocycles. The van der Waals surface area contributed by atoms with Gasteiger partial charge in [-0.15, -0.1) is 0 Å². The number of hydrogen-bond acceptors (Lipinski definition) is 4. The monoisotopic (exact) mass is 322 g/mol. The maximum absolute atomic E-state index is 12.9. The summed E-state index contributed by atoms with van der Waals surface area (Å²) in [6, 6.07) is 9.44. The van der Waals surface area contributed by atoms with Gasteiger partial charge in [0.15, 0.2) is 5.69 Å². The minimum Gasteiger partial charge on any atom is -0.488 e. The maximum Gasteiger partial charge on any atom is 0.274 e. The number of imidazole rings is 1. The number of carbonyl (C=O) groups excluding carboxylic acids is 1. The predicted molar refractivity (Wildman–Crippen MR) is 89.1 cm³/mol. The summed E-state index contributed by atoms with van der Waals surface area (Å²) in [5.41, 5.74) is 1.36. The zero-order valence-corrected chi connectivity index (χ0v) is 13.4. The van der Waals surface area contributed by atoms with E-state index in [4.69, 9.17) is 4.74 Å². The van der Waals surface area contributed by atoms with Crippen LogP contribution in [-0.2, 0) is 0 Å². The third-order valence-corrected chi connectivity index (χ3v) is 4.31. The highest BCUT2D eigenvalue weighted by Gasteiger charge is 2.30. The van der Waals surface area contributed by atoms with Crippen molar-refractivity contribution in [3.63, 3.8) is 0 Å². The van der Waals surface area contributed by atoms with Crippen molar-refractivity contribution >= 4 is 11.4 Å². The lowest BCUT2D eigenvalue weighted by Crippen LogP contribution is -2.31. The average Bonchev–Trinajstić information content (AvgIpc) is 3.21. The first-order valence-electron chi connectivity index (χ1n) is 8.02. The molecule has 0 aliphatic carbocycles. The molecule has 4 rings (SSSR count). The lowest BCUT2D eigenvalue weighted by Gasteiger charge is -2.16. The van der Waals surface area contributed by atoms with E-state index < -0.39 is 0 Å². The third-order valence-electron chi connectivity index (χ3n) is 4.31. The molecule has 3 aromatic heterocycles. The Balaban J connectivity index is 1.51. The van der Waals surface area contributed by atoms with Crippen molar-refractivity contribution in [3.05, 3.63) is 60.4 Å². The Morgan fingerprint density at radius 3 is 2.92 bits per heavy atom. The van der Waals surface area contributed by atoms with E-state index in [9.17, 15) is 4.79 Å². The Morgan fingerprint density at radius 2 is 2.08 bits per heavy atom. The van der Waals surface area contributed by atoms with E-state index in [1.54, 1.807) is 12.4 Å². The van der Waals surface area contributed by atoms with Crippen molar-refractivity contribution in [2.24, 2.45) is 0 Å². The van der Waals surface area contributed by atoms with Crippen LogP contribution in [-0.4, -0.2) is 44.4 Å². The Morgan fingerprint density at radius 1 is 1.25 bits per heavy atom. The summed E-state index contributed by atoms with van der Waals surface area (Å²) in [5.74, 6) is 1.57. The van der Waals surface area contributed by atoms with Crippen LogP contribution in [0.2, 0.25) is 0 Å². The van der Waals surface area contributed by atoms with Gasteiger partial charge >= 0.3 is 0 Å². The Kier molecular flexibility index (Phi) is 3.65. The zero-order chi connectivity index (χ0) is 16.5. The summed E-state index contributed by atoms with van der Waals surface area (Å²) in [4.78, 5) is 23.1. The summed E-state index contributed by atoms with van der Waals surface area (Å²) < 4.78 is 7.86. The van der Waals surface area contributed by atoms with Crippen molar-refractivity contribution in [2.75, 3.05) is 13.1 Å².